The molecule has 1 aliphatic rings. The highest BCUT2D eigenvalue weighted by molar-refractivity contribution is 5.40. The van der Waals surface area contributed by atoms with Gasteiger partial charge in [0.15, 0.2) is 0 Å². The fourth-order valence-electron chi connectivity index (χ4n) is 2.43. The second-order valence-electron chi connectivity index (χ2n) is 4.88. The summed E-state index contributed by atoms with van der Waals surface area (Å²) in [5.41, 5.74) is 4.97. The van der Waals surface area contributed by atoms with Gasteiger partial charge in [-0.25, -0.2) is 0 Å². The molecule has 0 amide bonds. The summed E-state index contributed by atoms with van der Waals surface area (Å²) >= 11 is 0. The van der Waals surface area contributed by atoms with Crippen molar-refractivity contribution in [1.29, 1.82) is 0 Å². The molecule has 1 aliphatic carbocycles. The molecule has 0 bridgehead atoms. The van der Waals surface area contributed by atoms with Gasteiger partial charge < -0.3 is 5.32 Å². The Morgan fingerprint density at radius 1 is 1.22 bits per heavy atom. The lowest BCUT2D eigenvalue weighted by Gasteiger charge is -2.30. The van der Waals surface area contributed by atoms with Crippen LogP contribution in [0.1, 0.15) is 28.4 Å². The van der Waals surface area contributed by atoms with Crippen LogP contribution in [0.2, 0.25) is 0 Å². The number of fused-ring (bicyclic) bond motifs is 1. The van der Waals surface area contributed by atoms with E-state index in [0.29, 0.717) is 5.92 Å². The second kappa shape index (κ2) is 4.86. The van der Waals surface area contributed by atoms with Crippen molar-refractivity contribution < 1.29 is 0 Å². The van der Waals surface area contributed by atoms with E-state index in [1.165, 1.54) is 17.5 Å². The molecule has 0 saturated carbocycles. The maximum Gasteiger partial charge on any atom is 0.0724 e. The third-order valence-electron chi connectivity index (χ3n) is 3.49. The van der Waals surface area contributed by atoms with Crippen molar-refractivity contribution in [2.45, 2.75) is 25.8 Å². The van der Waals surface area contributed by atoms with E-state index in [1.54, 1.807) is 0 Å². The van der Waals surface area contributed by atoms with Crippen LogP contribution in [0.15, 0.2) is 36.7 Å². The zero-order chi connectivity index (χ0) is 12.4. The van der Waals surface area contributed by atoms with Crippen molar-refractivity contribution in [2.75, 3.05) is 6.54 Å². The summed E-state index contributed by atoms with van der Waals surface area (Å²) in [6, 6.07) is 8.69. The largest absolute Gasteiger partial charge is 0.310 e. The van der Waals surface area contributed by atoms with Crippen LogP contribution in [0, 0.1) is 6.92 Å². The van der Waals surface area contributed by atoms with Gasteiger partial charge in [0, 0.05) is 31.4 Å². The number of aromatic nitrogens is 2. The predicted molar refractivity (Wildman–Crippen MR) is 71.4 cm³/mol. The number of nitrogens with one attached hydrogen (secondary N) is 1. The topological polar surface area (TPSA) is 37.8 Å². The van der Waals surface area contributed by atoms with Crippen LogP contribution in [-0.2, 0) is 13.0 Å². The second-order valence-corrected chi connectivity index (χ2v) is 4.88. The Balaban J connectivity index is 1.51. The molecule has 1 heterocycles. The van der Waals surface area contributed by atoms with Crippen LogP contribution >= 0.6 is 0 Å². The lowest BCUT2D eigenvalue weighted by atomic mass is 9.77. The van der Waals surface area contributed by atoms with Gasteiger partial charge in [-0.05, 0) is 24.5 Å². The molecule has 0 radical (unpaired) electrons. The molecule has 1 atom stereocenters. The van der Waals surface area contributed by atoms with Crippen molar-refractivity contribution >= 4 is 0 Å². The molecular formula is C15H17N3. The Morgan fingerprint density at radius 2 is 2.11 bits per heavy atom. The van der Waals surface area contributed by atoms with Gasteiger partial charge in [0.1, 0.15) is 0 Å². The summed E-state index contributed by atoms with van der Waals surface area (Å²) in [7, 11) is 0. The number of nitrogens with zero attached hydrogens (tertiary/aromatic N) is 2. The molecule has 0 spiro atoms. The molecule has 3 nitrogen and oxygen atoms in total. The quantitative estimate of drug-likeness (QED) is 0.889. The highest BCUT2D eigenvalue weighted by atomic mass is 14.9. The maximum absolute atomic E-state index is 4.34. The van der Waals surface area contributed by atoms with Crippen LogP contribution in [0.4, 0.5) is 0 Å². The van der Waals surface area contributed by atoms with Crippen molar-refractivity contribution in [3.8, 4) is 0 Å². The SMILES string of the molecule is Cc1cnc(CNCC2Cc3ccccc32)cn1. The Labute approximate surface area is 107 Å². The average molecular weight is 239 g/mol. The van der Waals surface area contributed by atoms with Gasteiger partial charge in [0.2, 0.25) is 0 Å². The van der Waals surface area contributed by atoms with E-state index in [-0.39, 0.29) is 0 Å². The first-order valence-electron chi connectivity index (χ1n) is 6.39. The summed E-state index contributed by atoms with van der Waals surface area (Å²) in [5.74, 6) is 0.666. The minimum atomic E-state index is 0.666. The first-order valence-corrected chi connectivity index (χ1v) is 6.39. The third-order valence-corrected chi connectivity index (χ3v) is 3.49. The number of rotatable bonds is 4. The molecule has 1 aromatic heterocycles. The fourth-order valence-corrected chi connectivity index (χ4v) is 2.43. The van der Waals surface area contributed by atoms with Gasteiger partial charge in [-0.3, -0.25) is 9.97 Å². The average Bonchev–Trinajstić information content (AvgIpc) is 2.37. The molecule has 3 rings (SSSR count). The summed E-state index contributed by atoms with van der Waals surface area (Å²) in [4.78, 5) is 8.58. The van der Waals surface area contributed by atoms with Gasteiger partial charge in [-0.2, -0.15) is 0 Å². The van der Waals surface area contributed by atoms with Crippen LogP contribution in [0.5, 0.6) is 0 Å². The molecule has 18 heavy (non-hydrogen) atoms. The summed E-state index contributed by atoms with van der Waals surface area (Å²) < 4.78 is 0. The van der Waals surface area contributed by atoms with Crippen molar-refractivity contribution in [3.05, 3.63) is 59.2 Å². The Kier molecular flexibility index (Phi) is 3.07. The van der Waals surface area contributed by atoms with E-state index in [1.807, 2.05) is 19.3 Å². The molecule has 2 aromatic rings. The van der Waals surface area contributed by atoms with Crippen LogP contribution in [0.25, 0.3) is 0 Å². The Bertz CT molecular complexity index is 534. The van der Waals surface area contributed by atoms with E-state index in [4.69, 9.17) is 0 Å². The fraction of sp³-hybridized carbons (Fsp3) is 0.333. The van der Waals surface area contributed by atoms with Gasteiger partial charge >= 0.3 is 0 Å². The molecule has 92 valence electrons. The van der Waals surface area contributed by atoms with Gasteiger partial charge in [-0.15, -0.1) is 0 Å². The lowest BCUT2D eigenvalue weighted by Crippen LogP contribution is -2.29. The smallest absolute Gasteiger partial charge is 0.0724 e. The van der Waals surface area contributed by atoms with Crippen molar-refractivity contribution in [3.63, 3.8) is 0 Å². The van der Waals surface area contributed by atoms with Gasteiger partial charge in [-0.1, -0.05) is 24.3 Å². The van der Waals surface area contributed by atoms with E-state index in [9.17, 15) is 0 Å². The highest BCUT2D eigenvalue weighted by Gasteiger charge is 2.24. The van der Waals surface area contributed by atoms with Gasteiger partial charge in [0.25, 0.3) is 0 Å². The molecule has 1 N–H and O–H groups in total. The molecule has 0 aliphatic heterocycles. The van der Waals surface area contributed by atoms with Gasteiger partial charge in [0.05, 0.1) is 11.4 Å². The number of hydrogen-bond acceptors (Lipinski definition) is 3. The third kappa shape index (κ3) is 2.27. The lowest BCUT2D eigenvalue weighted by molar-refractivity contribution is 0.532. The first-order chi connectivity index (χ1) is 8.83. The van der Waals surface area contributed by atoms with Crippen molar-refractivity contribution in [1.82, 2.24) is 15.3 Å². The molecule has 1 unspecified atom stereocenters. The van der Waals surface area contributed by atoms with E-state index >= 15 is 0 Å². The normalized spacial score (nSPS) is 17.1. The summed E-state index contributed by atoms with van der Waals surface area (Å²) in [6.07, 6.45) is 4.86. The van der Waals surface area contributed by atoms with E-state index in [0.717, 1.165) is 24.5 Å². The number of benzene rings is 1. The Hall–Kier alpha value is -1.74. The Morgan fingerprint density at radius 3 is 2.89 bits per heavy atom. The summed E-state index contributed by atoms with van der Waals surface area (Å²) in [6.45, 7) is 3.77. The monoisotopic (exact) mass is 239 g/mol. The maximum atomic E-state index is 4.34. The molecule has 0 saturated heterocycles. The minimum Gasteiger partial charge on any atom is -0.310 e. The van der Waals surface area contributed by atoms with Crippen LogP contribution < -0.4 is 5.32 Å². The molecule has 1 aromatic carbocycles. The summed E-state index contributed by atoms with van der Waals surface area (Å²) in [5, 5.41) is 3.46. The molecule has 3 heteroatoms. The van der Waals surface area contributed by atoms with E-state index in [2.05, 4.69) is 39.6 Å². The molecular weight excluding hydrogens is 222 g/mol. The van der Waals surface area contributed by atoms with Crippen molar-refractivity contribution in [2.24, 2.45) is 0 Å². The van der Waals surface area contributed by atoms with E-state index < -0.39 is 0 Å². The molecule has 0 fully saturated rings. The van der Waals surface area contributed by atoms with Crippen LogP contribution in [0.3, 0.4) is 0 Å². The minimum absolute atomic E-state index is 0.666. The first kappa shape index (κ1) is 11.4. The zero-order valence-electron chi connectivity index (χ0n) is 10.6. The number of aryl methyl sites for hydroxylation is 1. The number of hydrogen-bond donors (Lipinski definition) is 1. The standard InChI is InChI=1S/C15H17N3/c1-11-7-18-14(10-17-11)9-16-8-13-6-12-4-2-3-5-15(12)13/h2-5,7,10,13,16H,6,8-9H2,1H3. The van der Waals surface area contributed by atoms with Crippen LogP contribution in [-0.4, -0.2) is 16.5 Å². The highest BCUT2D eigenvalue weighted by Crippen LogP contribution is 2.33. The predicted octanol–water partition coefficient (Wildman–Crippen LogP) is 2.21. The zero-order valence-corrected chi connectivity index (χ0v) is 10.6.